The van der Waals surface area contributed by atoms with E-state index in [1.165, 1.54) is 27.6 Å². The van der Waals surface area contributed by atoms with E-state index in [4.69, 9.17) is 4.74 Å². The van der Waals surface area contributed by atoms with Crippen LogP contribution in [-0.2, 0) is 22.5 Å². The van der Waals surface area contributed by atoms with Crippen molar-refractivity contribution in [1.29, 1.82) is 0 Å². The van der Waals surface area contributed by atoms with Crippen LogP contribution in [-0.4, -0.2) is 65.8 Å². The Morgan fingerprint density at radius 1 is 1.20 bits per heavy atom. The van der Waals surface area contributed by atoms with Gasteiger partial charge in [0.1, 0.15) is 0 Å². The lowest BCUT2D eigenvalue weighted by atomic mass is 9.94. The number of morpholine rings is 1. The maximum absolute atomic E-state index is 13.4. The van der Waals surface area contributed by atoms with E-state index in [-0.39, 0.29) is 18.0 Å². The fourth-order valence-corrected chi connectivity index (χ4v) is 5.46. The zero-order valence-electron chi connectivity index (χ0n) is 20.9. The molecule has 0 aliphatic carbocycles. The summed E-state index contributed by atoms with van der Waals surface area (Å²) in [7, 11) is 0. The summed E-state index contributed by atoms with van der Waals surface area (Å²) in [6, 6.07) is 10.6. The Morgan fingerprint density at radius 3 is 2.77 bits per heavy atom. The van der Waals surface area contributed by atoms with Gasteiger partial charge in [-0.15, -0.1) is 0 Å². The number of carbonyl (C=O) groups excluding carboxylic acids is 1. The lowest BCUT2D eigenvalue weighted by Gasteiger charge is -2.28. The highest BCUT2D eigenvalue weighted by Crippen LogP contribution is 2.36. The average molecular weight is 476 g/mol. The Hall–Kier alpha value is -2.74. The van der Waals surface area contributed by atoms with Crippen molar-refractivity contribution in [1.82, 2.24) is 25.1 Å². The van der Waals surface area contributed by atoms with Crippen LogP contribution in [0.2, 0.25) is 0 Å². The molecule has 2 N–H and O–H groups in total. The molecule has 1 saturated heterocycles. The predicted octanol–water partition coefficient (Wildman–Crippen LogP) is 3.13. The highest BCUT2D eigenvalue weighted by molar-refractivity contribution is 5.90. The number of nitrogens with zero attached hydrogens (tertiary/aromatic N) is 3. The van der Waals surface area contributed by atoms with E-state index >= 15 is 0 Å². The van der Waals surface area contributed by atoms with Crippen LogP contribution in [0.3, 0.4) is 0 Å². The molecule has 1 aromatic carbocycles. The molecule has 5 rings (SSSR count). The molecular weight excluding hydrogens is 438 g/mol. The molecular formula is C28H37N5O2. The molecule has 186 valence electrons. The van der Waals surface area contributed by atoms with Gasteiger partial charge in [-0.05, 0) is 53.6 Å². The van der Waals surface area contributed by atoms with E-state index in [0.29, 0.717) is 18.9 Å². The second-order valence-corrected chi connectivity index (χ2v) is 10.2. The van der Waals surface area contributed by atoms with Crippen LogP contribution < -0.4 is 10.6 Å². The lowest BCUT2D eigenvalue weighted by molar-refractivity contribution is -0.123. The van der Waals surface area contributed by atoms with Crippen molar-refractivity contribution in [2.75, 3.05) is 39.4 Å². The molecule has 2 aliphatic rings. The van der Waals surface area contributed by atoms with Crippen molar-refractivity contribution in [3.05, 3.63) is 65.6 Å². The largest absolute Gasteiger partial charge is 0.379 e. The van der Waals surface area contributed by atoms with E-state index in [2.05, 4.69) is 75.5 Å². The van der Waals surface area contributed by atoms with Gasteiger partial charge in [-0.3, -0.25) is 20.0 Å². The minimum absolute atomic E-state index is 0.0925. The van der Waals surface area contributed by atoms with E-state index in [1.54, 1.807) is 0 Å². The normalized spacial score (nSPS) is 20.8. The zero-order valence-corrected chi connectivity index (χ0v) is 20.9. The maximum atomic E-state index is 13.4. The number of hydrogen-bond donors (Lipinski definition) is 2. The van der Waals surface area contributed by atoms with Gasteiger partial charge in [-0.25, -0.2) is 0 Å². The van der Waals surface area contributed by atoms with Gasteiger partial charge < -0.3 is 14.6 Å². The van der Waals surface area contributed by atoms with Crippen LogP contribution in [0.4, 0.5) is 0 Å². The van der Waals surface area contributed by atoms with E-state index < -0.39 is 0 Å². The quantitative estimate of drug-likeness (QED) is 0.524. The zero-order chi connectivity index (χ0) is 24.2. The first-order valence-corrected chi connectivity index (χ1v) is 12.9. The van der Waals surface area contributed by atoms with Gasteiger partial charge in [-0.1, -0.05) is 26.0 Å². The van der Waals surface area contributed by atoms with Crippen molar-refractivity contribution < 1.29 is 9.53 Å². The first-order valence-electron chi connectivity index (χ1n) is 12.9. The number of carbonyl (C=O) groups is 1. The molecule has 3 aromatic rings. The number of pyridine rings is 1. The van der Waals surface area contributed by atoms with Crippen molar-refractivity contribution in [2.45, 2.75) is 45.3 Å². The summed E-state index contributed by atoms with van der Waals surface area (Å²) in [5, 5.41) is 8.25. The van der Waals surface area contributed by atoms with Gasteiger partial charge in [0.25, 0.3) is 0 Å². The molecule has 0 bridgehead atoms. The Morgan fingerprint density at radius 2 is 2.00 bits per heavy atom. The van der Waals surface area contributed by atoms with Crippen molar-refractivity contribution in [3.63, 3.8) is 0 Å². The second-order valence-electron chi connectivity index (χ2n) is 10.2. The molecule has 2 atom stereocenters. The SMILES string of the molecule is CC(C)CC1NC(C(=O)NCCN2CCOCC2)Cc2cn(Cc3ccncc3)c3cccc1c23. The van der Waals surface area contributed by atoms with Gasteiger partial charge in [0.2, 0.25) is 5.91 Å². The van der Waals surface area contributed by atoms with Gasteiger partial charge in [0, 0.05) is 68.3 Å². The van der Waals surface area contributed by atoms with Gasteiger partial charge in [-0.2, -0.15) is 0 Å². The first kappa shape index (κ1) is 24.0. The molecule has 7 heteroatoms. The molecule has 2 unspecified atom stereocenters. The van der Waals surface area contributed by atoms with Gasteiger partial charge in [0.15, 0.2) is 0 Å². The first-order chi connectivity index (χ1) is 17.1. The topological polar surface area (TPSA) is 71.4 Å². The molecule has 2 aliphatic heterocycles. The maximum Gasteiger partial charge on any atom is 0.237 e. The smallest absolute Gasteiger partial charge is 0.237 e. The molecule has 0 saturated carbocycles. The number of ether oxygens (including phenoxy) is 1. The summed E-state index contributed by atoms with van der Waals surface area (Å²) in [6.07, 6.45) is 7.62. The van der Waals surface area contributed by atoms with Crippen LogP contribution in [0.5, 0.6) is 0 Å². The number of nitrogens with one attached hydrogen (secondary N) is 2. The minimum Gasteiger partial charge on any atom is -0.379 e. The molecule has 4 heterocycles. The van der Waals surface area contributed by atoms with Crippen LogP contribution in [0.1, 0.15) is 43.0 Å². The molecule has 0 spiro atoms. The van der Waals surface area contributed by atoms with E-state index in [0.717, 1.165) is 45.8 Å². The van der Waals surface area contributed by atoms with Gasteiger partial charge >= 0.3 is 0 Å². The summed E-state index contributed by atoms with van der Waals surface area (Å²) in [4.78, 5) is 19.9. The monoisotopic (exact) mass is 475 g/mol. The highest BCUT2D eigenvalue weighted by atomic mass is 16.5. The van der Waals surface area contributed by atoms with Crippen LogP contribution in [0.15, 0.2) is 48.9 Å². The molecule has 1 fully saturated rings. The number of amides is 1. The summed E-state index contributed by atoms with van der Waals surface area (Å²) >= 11 is 0. The van der Waals surface area contributed by atoms with Crippen LogP contribution >= 0.6 is 0 Å². The number of benzene rings is 1. The van der Waals surface area contributed by atoms with E-state index in [1.807, 2.05) is 12.4 Å². The molecule has 2 aromatic heterocycles. The Kier molecular flexibility index (Phi) is 7.46. The highest BCUT2D eigenvalue weighted by Gasteiger charge is 2.31. The molecule has 35 heavy (non-hydrogen) atoms. The summed E-state index contributed by atoms with van der Waals surface area (Å²) < 4.78 is 7.76. The fourth-order valence-electron chi connectivity index (χ4n) is 5.46. The Bertz CT molecular complexity index is 1140. The third-order valence-electron chi connectivity index (χ3n) is 7.18. The third-order valence-corrected chi connectivity index (χ3v) is 7.18. The number of aromatic nitrogens is 2. The second kappa shape index (κ2) is 10.9. The average Bonchev–Trinajstić information content (AvgIpc) is 3.12. The molecule has 1 amide bonds. The fraction of sp³-hybridized carbons (Fsp3) is 0.500. The third kappa shape index (κ3) is 5.58. The van der Waals surface area contributed by atoms with Crippen molar-refractivity contribution in [3.8, 4) is 0 Å². The summed E-state index contributed by atoms with van der Waals surface area (Å²) in [5.74, 6) is 0.614. The molecule has 0 radical (unpaired) electrons. The summed E-state index contributed by atoms with van der Waals surface area (Å²) in [6.45, 7) is 10.2. The summed E-state index contributed by atoms with van der Waals surface area (Å²) in [5.41, 5.74) is 5.01. The Balaban J connectivity index is 1.39. The lowest BCUT2D eigenvalue weighted by Crippen LogP contribution is -2.48. The minimum atomic E-state index is -0.254. The predicted molar refractivity (Wildman–Crippen MR) is 138 cm³/mol. The van der Waals surface area contributed by atoms with Crippen LogP contribution in [0.25, 0.3) is 10.9 Å². The van der Waals surface area contributed by atoms with Gasteiger partial charge in [0.05, 0.1) is 19.3 Å². The number of hydrogen-bond acceptors (Lipinski definition) is 5. The Labute approximate surface area is 207 Å². The van der Waals surface area contributed by atoms with Crippen molar-refractivity contribution >= 4 is 16.8 Å². The standard InChI is InChI=1S/C28H37N5O2/c1-20(2)16-24-23-4-3-5-26-27(23)22(19-33(26)18-21-6-8-29-9-7-21)17-25(31-24)28(34)30-10-11-32-12-14-35-15-13-32/h3-9,19-20,24-25,31H,10-18H2,1-2H3,(H,30,34). The molecule has 7 nitrogen and oxygen atoms in total. The van der Waals surface area contributed by atoms with Crippen LogP contribution in [0, 0.1) is 5.92 Å². The number of rotatable bonds is 8. The van der Waals surface area contributed by atoms with Crippen molar-refractivity contribution in [2.24, 2.45) is 5.92 Å². The van der Waals surface area contributed by atoms with E-state index in [9.17, 15) is 4.79 Å².